The van der Waals surface area contributed by atoms with Crippen LogP contribution in [-0.4, -0.2) is 30.4 Å². The molecule has 1 aromatic rings. The van der Waals surface area contributed by atoms with Gasteiger partial charge >= 0.3 is 5.97 Å². The third-order valence-electron chi connectivity index (χ3n) is 4.77. The van der Waals surface area contributed by atoms with Crippen LogP contribution in [0.1, 0.15) is 57.6 Å². The number of benzene rings is 1. The lowest BCUT2D eigenvalue weighted by molar-refractivity contribution is -0.149. The molecule has 0 saturated heterocycles. The van der Waals surface area contributed by atoms with E-state index in [1.807, 2.05) is 30.3 Å². The van der Waals surface area contributed by atoms with Gasteiger partial charge in [0.15, 0.2) is 6.61 Å². The third-order valence-corrected chi connectivity index (χ3v) is 4.77. The van der Waals surface area contributed by atoms with Crippen LogP contribution in [0.15, 0.2) is 30.3 Å². The highest BCUT2D eigenvalue weighted by Gasteiger charge is 2.23. The first-order valence-electron chi connectivity index (χ1n) is 9.22. The Morgan fingerprint density at radius 3 is 2.50 bits per heavy atom. The van der Waals surface area contributed by atoms with Crippen molar-refractivity contribution in [2.45, 2.75) is 58.0 Å². The molecule has 6 nitrogen and oxygen atoms in total. The first-order valence-corrected chi connectivity index (χ1v) is 9.22. The zero-order valence-corrected chi connectivity index (χ0v) is 15.5. The first kappa shape index (κ1) is 19.9. The molecule has 142 valence electrons. The number of carbonyl (C=O) groups is 3. The van der Waals surface area contributed by atoms with Gasteiger partial charge < -0.3 is 15.4 Å². The topological polar surface area (TPSA) is 84.5 Å². The molecule has 1 aromatic carbocycles. The van der Waals surface area contributed by atoms with Gasteiger partial charge in [0.05, 0.1) is 12.5 Å². The van der Waals surface area contributed by atoms with Gasteiger partial charge in [0.25, 0.3) is 5.91 Å². The van der Waals surface area contributed by atoms with E-state index in [-0.39, 0.29) is 30.9 Å². The molecule has 3 atom stereocenters. The number of nitrogens with one attached hydrogen (secondary N) is 2. The summed E-state index contributed by atoms with van der Waals surface area (Å²) in [7, 11) is 0. The smallest absolute Gasteiger partial charge is 0.308 e. The zero-order chi connectivity index (χ0) is 18.9. The summed E-state index contributed by atoms with van der Waals surface area (Å²) >= 11 is 0. The summed E-state index contributed by atoms with van der Waals surface area (Å²) in [5.74, 6) is -0.561. The van der Waals surface area contributed by atoms with E-state index in [2.05, 4.69) is 17.6 Å². The number of ether oxygens (including phenoxy) is 1. The van der Waals surface area contributed by atoms with E-state index >= 15 is 0 Å². The standard InChI is InChI=1S/C20H28N2O4/c1-14-8-6-7-11-17(14)22-19(24)13-26-20(25)12-18(21-15(2)23)16-9-4-3-5-10-16/h3-5,9-10,14,17-18H,6-8,11-13H2,1-2H3,(H,21,23)(H,22,24)/t14-,17-,18-/m0/s1. The van der Waals surface area contributed by atoms with Gasteiger partial charge in [-0.15, -0.1) is 0 Å². The lowest BCUT2D eigenvalue weighted by Gasteiger charge is -2.29. The van der Waals surface area contributed by atoms with Gasteiger partial charge in [0.1, 0.15) is 0 Å². The molecular weight excluding hydrogens is 332 g/mol. The molecule has 6 heteroatoms. The van der Waals surface area contributed by atoms with Crippen molar-refractivity contribution in [3.8, 4) is 0 Å². The SMILES string of the molecule is CC(=O)N[C@@H](CC(=O)OCC(=O)N[C@H]1CCCC[C@@H]1C)c1ccccc1. The van der Waals surface area contributed by atoms with Crippen molar-refractivity contribution in [3.05, 3.63) is 35.9 Å². The predicted octanol–water partition coefficient (Wildman–Crippen LogP) is 2.49. The minimum absolute atomic E-state index is 0.0172. The molecule has 0 heterocycles. The Hall–Kier alpha value is -2.37. The van der Waals surface area contributed by atoms with Gasteiger partial charge in [-0.25, -0.2) is 0 Å². The average Bonchev–Trinajstić information content (AvgIpc) is 2.62. The molecule has 0 spiro atoms. The predicted molar refractivity (Wildman–Crippen MR) is 98.1 cm³/mol. The summed E-state index contributed by atoms with van der Waals surface area (Å²) in [6.07, 6.45) is 4.38. The summed E-state index contributed by atoms with van der Waals surface area (Å²) in [5, 5.41) is 5.70. The van der Waals surface area contributed by atoms with Crippen molar-refractivity contribution < 1.29 is 19.1 Å². The monoisotopic (exact) mass is 360 g/mol. The van der Waals surface area contributed by atoms with Crippen LogP contribution in [0.25, 0.3) is 0 Å². The van der Waals surface area contributed by atoms with E-state index in [0.717, 1.165) is 24.8 Å². The zero-order valence-electron chi connectivity index (χ0n) is 15.5. The fourth-order valence-corrected chi connectivity index (χ4v) is 3.33. The van der Waals surface area contributed by atoms with Crippen LogP contribution in [0.3, 0.4) is 0 Å². The lowest BCUT2D eigenvalue weighted by Crippen LogP contribution is -2.43. The highest BCUT2D eigenvalue weighted by atomic mass is 16.5. The maximum atomic E-state index is 12.1. The summed E-state index contributed by atoms with van der Waals surface area (Å²) in [5.41, 5.74) is 0.820. The number of carbonyl (C=O) groups excluding carboxylic acids is 3. The van der Waals surface area contributed by atoms with E-state index < -0.39 is 12.0 Å². The average molecular weight is 360 g/mol. The Morgan fingerprint density at radius 1 is 1.15 bits per heavy atom. The highest BCUT2D eigenvalue weighted by molar-refractivity contribution is 5.81. The Labute approximate surface area is 154 Å². The second-order valence-corrected chi connectivity index (χ2v) is 6.96. The molecule has 26 heavy (non-hydrogen) atoms. The quantitative estimate of drug-likeness (QED) is 0.732. The van der Waals surface area contributed by atoms with Gasteiger partial charge in [-0.1, -0.05) is 50.1 Å². The molecule has 0 aromatic heterocycles. The molecule has 2 N–H and O–H groups in total. The molecule has 0 radical (unpaired) electrons. The highest BCUT2D eigenvalue weighted by Crippen LogP contribution is 2.23. The van der Waals surface area contributed by atoms with E-state index in [9.17, 15) is 14.4 Å². The molecule has 1 aliphatic carbocycles. The van der Waals surface area contributed by atoms with Crippen molar-refractivity contribution in [1.29, 1.82) is 0 Å². The van der Waals surface area contributed by atoms with Gasteiger partial charge in [0.2, 0.25) is 5.91 Å². The molecule has 0 aliphatic heterocycles. The molecular formula is C20H28N2O4. The van der Waals surface area contributed by atoms with E-state index in [1.165, 1.54) is 13.3 Å². The molecule has 1 aliphatic rings. The fourth-order valence-electron chi connectivity index (χ4n) is 3.33. The number of hydrogen-bond acceptors (Lipinski definition) is 4. The van der Waals surface area contributed by atoms with E-state index in [1.54, 1.807) is 0 Å². The van der Waals surface area contributed by atoms with Crippen LogP contribution in [0.5, 0.6) is 0 Å². The van der Waals surface area contributed by atoms with Crippen LogP contribution < -0.4 is 10.6 Å². The van der Waals surface area contributed by atoms with Crippen LogP contribution in [0.4, 0.5) is 0 Å². The second kappa shape index (κ2) is 9.94. The van der Waals surface area contributed by atoms with Gasteiger partial charge in [-0.2, -0.15) is 0 Å². The number of rotatable bonds is 7. The fraction of sp³-hybridized carbons (Fsp3) is 0.550. The molecule has 0 unspecified atom stereocenters. The summed E-state index contributed by atoms with van der Waals surface area (Å²) in [6.45, 7) is 3.25. The Bertz CT molecular complexity index is 617. The summed E-state index contributed by atoms with van der Waals surface area (Å²) in [4.78, 5) is 35.6. The van der Waals surface area contributed by atoms with Gasteiger partial charge in [-0.05, 0) is 24.3 Å². The summed E-state index contributed by atoms with van der Waals surface area (Å²) in [6, 6.07) is 8.91. The van der Waals surface area contributed by atoms with Crippen molar-refractivity contribution >= 4 is 17.8 Å². The molecule has 2 amide bonds. The van der Waals surface area contributed by atoms with Crippen molar-refractivity contribution in [1.82, 2.24) is 10.6 Å². The first-order chi connectivity index (χ1) is 12.5. The third kappa shape index (κ3) is 6.50. The number of esters is 1. The van der Waals surface area contributed by atoms with Gasteiger partial charge in [-0.3, -0.25) is 14.4 Å². The van der Waals surface area contributed by atoms with E-state index in [4.69, 9.17) is 4.74 Å². The Balaban J connectivity index is 1.81. The van der Waals surface area contributed by atoms with Crippen LogP contribution in [0, 0.1) is 5.92 Å². The van der Waals surface area contributed by atoms with Gasteiger partial charge in [0, 0.05) is 13.0 Å². The lowest BCUT2D eigenvalue weighted by atomic mass is 9.86. The number of amides is 2. The molecule has 2 rings (SSSR count). The Kier molecular flexibility index (Phi) is 7.63. The molecule has 1 saturated carbocycles. The largest absolute Gasteiger partial charge is 0.456 e. The van der Waals surface area contributed by atoms with Crippen LogP contribution >= 0.6 is 0 Å². The Morgan fingerprint density at radius 2 is 1.85 bits per heavy atom. The van der Waals surface area contributed by atoms with Crippen LogP contribution in [0.2, 0.25) is 0 Å². The maximum absolute atomic E-state index is 12.1. The van der Waals surface area contributed by atoms with E-state index in [0.29, 0.717) is 5.92 Å². The second-order valence-electron chi connectivity index (χ2n) is 6.96. The number of hydrogen-bond donors (Lipinski definition) is 2. The molecule has 1 fully saturated rings. The van der Waals surface area contributed by atoms with Crippen molar-refractivity contribution in [3.63, 3.8) is 0 Å². The maximum Gasteiger partial charge on any atom is 0.308 e. The van der Waals surface area contributed by atoms with Crippen molar-refractivity contribution in [2.75, 3.05) is 6.61 Å². The summed E-state index contributed by atoms with van der Waals surface area (Å²) < 4.78 is 5.11. The minimum atomic E-state index is -0.514. The minimum Gasteiger partial charge on any atom is -0.456 e. The van der Waals surface area contributed by atoms with Crippen LogP contribution in [-0.2, 0) is 19.1 Å². The molecule has 0 bridgehead atoms. The normalized spacial score (nSPS) is 20.7. The van der Waals surface area contributed by atoms with Crippen molar-refractivity contribution in [2.24, 2.45) is 5.92 Å².